The van der Waals surface area contributed by atoms with Gasteiger partial charge in [0.05, 0.1) is 11.6 Å². The van der Waals surface area contributed by atoms with Gasteiger partial charge in [0.25, 0.3) is 0 Å². The summed E-state index contributed by atoms with van der Waals surface area (Å²) >= 11 is 11.9. The number of hydrogen-bond donors (Lipinski definition) is 1. The maximum absolute atomic E-state index is 12.7. The second-order valence-corrected chi connectivity index (χ2v) is 10.8. The molecular formula is C23H28Cl2N4O3S. The van der Waals surface area contributed by atoms with Gasteiger partial charge in [-0.25, -0.2) is 12.7 Å². The highest BCUT2D eigenvalue weighted by molar-refractivity contribution is 7.89. The molecule has 1 aliphatic rings. The minimum absolute atomic E-state index is 0.0205. The van der Waals surface area contributed by atoms with Gasteiger partial charge >= 0.3 is 0 Å². The number of sulfonamides is 1. The highest BCUT2D eigenvalue weighted by atomic mass is 35.5. The number of aliphatic imine (C=N–C) groups is 1. The zero-order valence-electron chi connectivity index (χ0n) is 18.7. The third-order valence-electron chi connectivity index (χ3n) is 5.44. The summed E-state index contributed by atoms with van der Waals surface area (Å²) in [6, 6.07) is 12.3. The number of carbonyl (C=O) groups excluding carboxylic acids is 1. The fourth-order valence-corrected chi connectivity index (χ4v) is 5.45. The van der Waals surface area contributed by atoms with Crippen LogP contribution in [0.4, 0.5) is 0 Å². The summed E-state index contributed by atoms with van der Waals surface area (Å²) < 4.78 is 26.7. The van der Waals surface area contributed by atoms with E-state index in [1.807, 2.05) is 24.3 Å². The van der Waals surface area contributed by atoms with Crippen LogP contribution in [0.25, 0.3) is 0 Å². The summed E-state index contributed by atoms with van der Waals surface area (Å²) in [7, 11) is -0.439. The molecule has 2 aromatic carbocycles. The van der Waals surface area contributed by atoms with Crippen molar-refractivity contribution in [1.29, 1.82) is 0 Å². The zero-order valence-corrected chi connectivity index (χ0v) is 21.1. The van der Waals surface area contributed by atoms with E-state index in [0.29, 0.717) is 30.8 Å². The van der Waals surface area contributed by atoms with Gasteiger partial charge in [0, 0.05) is 50.7 Å². The molecule has 7 nitrogen and oxygen atoms in total. The van der Waals surface area contributed by atoms with E-state index in [1.54, 1.807) is 11.9 Å². The van der Waals surface area contributed by atoms with Crippen LogP contribution in [0.3, 0.4) is 0 Å². The number of hydrogen-bond acceptors (Lipinski definition) is 5. The first-order valence-electron chi connectivity index (χ1n) is 10.7. The molecule has 0 fully saturated rings. The van der Waals surface area contributed by atoms with Crippen molar-refractivity contribution in [3.8, 4) is 0 Å². The van der Waals surface area contributed by atoms with Crippen LogP contribution in [-0.2, 0) is 21.4 Å². The van der Waals surface area contributed by atoms with Crippen molar-refractivity contribution in [2.45, 2.75) is 30.7 Å². The maximum atomic E-state index is 12.7. The van der Waals surface area contributed by atoms with Gasteiger partial charge in [0.2, 0.25) is 15.9 Å². The van der Waals surface area contributed by atoms with Crippen LogP contribution in [0.2, 0.25) is 10.0 Å². The maximum Gasteiger partial charge on any atom is 0.244 e. The van der Waals surface area contributed by atoms with Gasteiger partial charge < -0.3 is 10.2 Å². The first-order valence-corrected chi connectivity index (χ1v) is 12.9. The second kappa shape index (κ2) is 11.3. The van der Waals surface area contributed by atoms with Crippen molar-refractivity contribution in [2.75, 3.05) is 33.7 Å². The van der Waals surface area contributed by atoms with Gasteiger partial charge in [-0.05, 0) is 36.6 Å². The molecule has 0 spiro atoms. The summed E-state index contributed by atoms with van der Waals surface area (Å²) in [6.07, 6.45) is 1.50. The van der Waals surface area contributed by atoms with E-state index in [2.05, 4.69) is 10.3 Å². The first-order chi connectivity index (χ1) is 15.7. The molecule has 0 aromatic heterocycles. The lowest BCUT2D eigenvalue weighted by Gasteiger charge is -2.19. The molecule has 1 heterocycles. The Kier molecular flexibility index (Phi) is 8.75. The predicted octanol–water partition coefficient (Wildman–Crippen LogP) is 3.79. The smallest absolute Gasteiger partial charge is 0.244 e. The van der Waals surface area contributed by atoms with Gasteiger partial charge in [-0.1, -0.05) is 47.5 Å². The van der Waals surface area contributed by atoms with Crippen molar-refractivity contribution >= 4 is 45.0 Å². The molecular weight excluding hydrogens is 483 g/mol. The molecule has 178 valence electrons. The minimum atomic E-state index is -3.72. The number of benzene rings is 2. The van der Waals surface area contributed by atoms with E-state index in [9.17, 15) is 13.2 Å². The second-order valence-electron chi connectivity index (χ2n) is 7.96. The summed E-state index contributed by atoms with van der Waals surface area (Å²) in [5.74, 6) is 0.934. The van der Waals surface area contributed by atoms with Crippen molar-refractivity contribution < 1.29 is 13.2 Å². The van der Waals surface area contributed by atoms with Gasteiger partial charge in [-0.2, -0.15) is 0 Å². The van der Waals surface area contributed by atoms with E-state index in [0.717, 1.165) is 30.1 Å². The molecule has 1 N–H and O–H groups in total. The summed E-state index contributed by atoms with van der Waals surface area (Å²) in [5, 5.41) is 3.71. The van der Waals surface area contributed by atoms with E-state index in [4.69, 9.17) is 23.2 Å². The molecule has 10 heteroatoms. The van der Waals surface area contributed by atoms with Crippen molar-refractivity contribution in [3.63, 3.8) is 0 Å². The normalized spacial score (nSPS) is 13.7. The molecule has 0 saturated heterocycles. The van der Waals surface area contributed by atoms with Gasteiger partial charge in [-0.15, -0.1) is 0 Å². The van der Waals surface area contributed by atoms with Crippen molar-refractivity contribution in [1.82, 2.24) is 14.5 Å². The Bertz CT molecular complexity index is 1120. The number of amides is 1. The Morgan fingerprint density at radius 1 is 1.09 bits per heavy atom. The predicted molar refractivity (Wildman–Crippen MR) is 132 cm³/mol. The third kappa shape index (κ3) is 6.69. The molecule has 0 atom stereocenters. The number of carbonyl (C=O) groups is 1. The highest BCUT2D eigenvalue weighted by Crippen LogP contribution is 2.27. The Balaban J connectivity index is 1.43. The average molecular weight is 511 g/mol. The molecule has 2 aromatic rings. The Labute approximate surface area is 205 Å². The Morgan fingerprint density at radius 3 is 2.45 bits per heavy atom. The van der Waals surface area contributed by atoms with Crippen LogP contribution in [0.5, 0.6) is 0 Å². The van der Waals surface area contributed by atoms with Gasteiger partial charge in [-0.3, -0.25) is 9.79 Å². The Hall–Kier alpha value is -2.13. The first kappa shape index (κ1) is 25.5. The number of nitrogens with one attached hydrogen (secondary N) is 1. The zero-order chi connectivity index (χ0) is 24.0. The summed E-state index contributed by atoms with van der Waals surface area (Å²) in [5.41, 5.74) is 2.09. The lowest BCUT2D eigenvalue weighted by atomic mass is 10.1. The van der Waals surface area contributed by atoms with Gasteiger partial charge in [0.1, 0.15) is 10.7 Å². The van der Waals surface area contributed by atoms with E-state index in [-0.39, 0.29) is 22.4 Å². The summed E-state index contributed by atoms with van der Waals surface area (Å²) in [6.45, 7) is 2.47. The molecule has 1 amide bonds. The lowest BCUT2D eigenvalue weighted by Crippen LogP contribution is -2.29. The topological polar surface area (TPSA) is 82.1 Å². The van der Waals surface area contributed by atoms with Gasteiger partial charge in [0.15, 0.2) is 0 Å². The lowest BCUT2D eigenvalue weighted by molar-refractivity contribution is -0.130. The van der Waals surface area contributed by atoms with Crippen LogP contribution >= 0.6 is 23.2 Å². The average Bonchev–Trinajstić information content (AvgIpc) is 3.31. The molecule has 0 aliphatic carbocycles. The fraction of sp³-hybridized carbons (Fsp3) is 0.391. The largest absolute Gasteiger partial charge is 0.368 e. The monoisotopic (exact) mass is 510 g/mol. The van der Waals surface area contributed by atoms with Crippen LogP contribution in [0.15, 0.2) is 52.4 Å². The highest BCUT2D eigenvalue weighted by Gasteiger charge is 2.23. The third-order valence-corrected chi connectivity index (χ3v) is 8.02. The number of amidine groups is 1. The van der Waals surface area contributed by atoms with E-state index < -0.39 is 10.0 Å². The Morgan fingerprint density at radius 2 is 1.82 bits per heavy atom. The quantitative estimate of drug-likeness (QED) is 0.492. The van der Waals surface area contributed by atoms with Crippen molar-refractivity contribution in [3.05, 3.63) is 63.6 Å². The van der Waals surface area contributed by atoms with E-state index >= 15 is 0 Å². The van der Waals surface area contributed by atoms with E-state index in [1.165, 1.54) is 29.6 Å². The minimum Gasteiger partial charge on any atom is -0.368 e. The molecule has 0 radical (unpaired) electrons. The number of rotatable bonds is 10. The standard InChI is InChI=1S/C23H28Cl2N4O3S/c1-28(16-17-6-8-18(9-7-17)23-26-12-13-27-23)22(30)5-3-4-14-29(2)33(31,32)21-11-10-19(24)15-20(21)25/h6-11,15H,3-5,12-14,16H2,1-2H3,(H,26,27). The van der Waals surface area contributed by atoms with Crippen LogP contribution < -0.4 is 5.32 Å². The molecule has 33 heavy (non-hydrogen) atoms. The molecule has 3 rings (SSSR count). The summed E-state index contributed by atoms with van der Waals surface area (Å²) in [4.78, 5) is 18.6. The number of nitrogens with zero attached hydrogens (tertiary/aromatic N) is 3. The fourth-order valence-electron chi connectivity index (χ4n) is 3.50. The molecule has 0 saturated carbocycles. The number of halogens is 2. The molecule has 0 bridgehead atoms. The van der Waals surface area contributed by atoms with Crippen LogP contribution in [0, 0.1) is 0 Å². The SMILES string of the molecule is CN(Cc1ccc(C2=NCCN2)cc1)C(=O)CCCCN(C)S(=O)(=O)c1ccc(Cl)cc1Cl. The van der Waals surface area contributed by atoms with Crippen LogP contribution in [0.1, 0.15) is 30.4 Å². The number of unbranched alkanes of at least 4 members (excludes halogenated alkanes) is 1. The molecule has 0 unspecified atom stereocenters. The van der Waals surface area contributed by atoms with Crippen molar-refractivity contribution in [2.24, 2.45) is 4.99 Å². The molecule has 1 aliphatic heterocycles. The van der Waals surface area contributed by atoms with Crippen LogP contribution in [-0.4, -0.2) is 63.1 Å².